The van der Waals surface area contributed by atoms with E-state index in [-0.39, 0.29) is 5.78 Å². The zero-order chi connectivity index (χ0) is 13.9. The van der Waals surface area contributed by atoms with Gasteiger partial charge in [0.2, 0.25) is 0 Å². The molecule has 1 aromatic heterocycles. The van der Waals surface area contributed by atoms with Crippen LogP contribution in [-0.4, -0.2) is 18.4 Å². The van der Waals surface area contributed by atoms with Crippen LogP contribution in [0.4, 0.5) is 5.00 Å². The average Bonchev–Trinajstić information content (AvgIpc) is 2.54. The van der Waals surface area contributed by atoms with Crippen molar-refractivity contribution in [2.75, 3.05) is 12.3 Å². The summed E-state index contributed by atoms with van der Waals surface area (Å²) < 4.78 is 5.00. The number of thiophene rings is 1. The fourth-order valence-electron chi connectivity index (χ4n) is 1.84. The van der Waals surface area contributed by atoms with Gasteiger partial charge in [0.1, 0.15) is 4.88 Å². The first-order chi connectivity index (χ1) is 8.38. The maximum absolute atomic E-state index is 11.9. The van der Waals surface area contributed by atoms with Crippen LogP contribution in [-0.2, 0) is 11.2 Å². The number of Topliss-reactive ketones (excluding diaryl/α,β-unsaturated/α-hetero) is 1. The van der Waals surface area contributed by atoms with E-state index >= 15 is 0 Å². The Balaban J connectivity index is 3.29. The number of ether oxygens (including phenoxy) is 1. The Morgan fingerprint density at radius 3 is 2.44 bits per heavy atom. The van der Waals surface area contributed by atoms with Crippen molar-refractivity contribution >= 4 is 28.1 Å². The van der Waals surface area contributed by atoms with Gasteiger partial charge in [-0.3, -0.25) is 4.79 Å². The van der Waals surface area contributed by atoms with Gasteiger partial charge in [-0.1, -0.05) is 13.8 Å². The van der Waals surface area contributed by atoms with E-state index in [1.807, 2.05) is 13.8 Å². The largest absolute Gasteiger partial charge is 0.462 e. The minimum Gasteiger partial charge on any atom is -0.462 e. The summed E-state index contributed by atoms with van der Waals surface area (Å²) >= 11 is 1.14. The monoisotopic (exact) mass is 269 g/mol. The molecule has 0 fully saturated rings. The Morgan fingerprint density at radius 2 is 2.00 bits per heavy atom. The van der Waals surface area contributed by atoms with Gasteiger partial charge in [-0.15, -0.1) is 11.3 Å². The molecule has 0 aliphatic rings. The summed E-state index contributed by atoms with van der Waals surface area (Å²) in [5.41, 5.74) is 7.06. The van der Waals surface area contributed by atoms with Crippen LogP contribution in [0.25, 0.3) is 0 Å². The molecule has 0 aromatic carbocycles. The Labute approximate surface area is 111 Å². The van der Waals surface area contributed by atoms with Crippen molar-refractivity contribution in [3.63, 3.8) is 0 Å². The zero-order valence-electron chi connectivity index (χ0n) is 11.2. The van der Waals surface area contributed by atoms with Gasteiger partial charge in [-0.2, -0.15) is 0 Å². The molecule has 0 aliphatic heterocycles. The lowest BCUT2D eigenvalue weighted by molar-refractivity contribution is 0.0531. The van der Waals surface area contributed by atoms with Gasteiger partial charge in [0.25, 0.3) is 0 Å². The summed E-state index contributed by atoms with van der Waals surface area (Å²) in [5, 5.41) is 0.404. The van der Waals surface area contributed by atoms with E-state index < -0.39 is 5.97 Å². The molecule has 1 aromatic rings. The smallest absolute Gasteiger partial charge is 0.348 e. The van der Waals surface area contributed by atoms with Crippen LogP contribution >= 0.6 is 11.3 Å². The zero-order valence-corrected chi connectivity index (χ0v) is 12.0. The standard InChI is InChI=1S/C13H19NO3S/c1-5-17-13(16)11-9(6-7(2)3)10(8(4)15)12(14)18-11/h7H,5-6,14H2,1-4H3. The number of nitrogen functional groups attached to an aromatic ring is 1. The van der Waals surface area contributed by atoms with Crippen molar-refractivity contribution in [1.82, 2.24) is 0 Å². The van der Waals surface area contributed by atoms with Crippen molar-refractivity contribution < 1.29 is 14.3 Å². The second-order valence-corrected chi connectivity index (χ2v) is 5.58. The number of hydrogen-bond donors (Lipinski definition) is 1. The number of anilines is 1. The van der Waals surface area contributed by atoms with Crippen LogP contribution in [0.15, 0.2) is 0 Å². The molecule has 0 radical (unpaired) electrons. The van der Waals surface area contributed by atoms with Gasteiger partial charge in [0.15, 0.2) is 5.78 Å². The molecule has 100 valence electrons. The van der Waals surface area contributed by atoms with Crippen molar-refractivity contribution in [3.8, 4) is 0 Å². The molecule has 4 nitrogen and oxygen atoms in total. The van der Waals surface area contributed by atoms with Gasteiger partial charge in [-0.05, 0) is 31.7 Å². The second-order valence-electron chi connectivity index (χ2n) is 4.52. The number of rotatable bonds is 5. The number of hydrogen-bond acceptors (Lipinski definition) is 5. The van der Waals surface area contributed by atoms with E-state index in [9.17, 15) is 9.59 Å². The van der Waals surface area contributed by atoms with Crippen LogP contribution in [0.5, 0.6) is 0 Å². The van der Waals surface area contributed by atoms with Gasteiger partial charge in [0.05, 0.1) is 17.2 Å². The minimum atomic E-state index is -0.391. The summed E-state index contributed by atoms with van der Waals surface area (Å²) in [6.45, 7) is 7.60. The molecular formula is C13H19NO3S. The van der Waals surface area contributed by atoms with Gasteiger partial charge >= 0.3 is 5.97 Å². The number of carbonyl (C=O) groups is 2. The molecule has 0 saturated carbocycles. The molecular weight excluding hydrogens is 250 g/mol. The van der Waals surface area contributed by atoms with E-state index in [0.29, 0.717) is 34.4 Å². The second kappa shape index (κ2) is 6.00. The molecule has 1 heterocycles. The van der Waals surface area contributed by atoms with Gasteiger partial charge in [0, 0.05) is 0 Å². The Hall–Kier alpha value is -1.36. The summed E-state index contributed by atoms with van der Waals surface area (Å²) in [6, 6.07) is 0. The highest BCUT2D eigenvalue weighted by atomic mass is 32.1. The molecule has 5 heteroatoms. The van der Waals surface area contributed by atoms with Crippen LogP contribution in [0.3, 0.4) is 0 Å². The van der Waals surface area contributed by atoms with E-state index in [4.69, 9.17) is 10.5 Å². The highest BCUT2D eigenvalue weighted by Crippen LogP contribution is 2.33. The van der Waals surface area contributed by atoms with Gasteiger partial charge < -0.3 is 10.5 Å². The molecule has 0 atom stereocenters. The van der Waals surface area contributed by atoms with Crippen molar-refractivity contribution in [2.24, 2.45) is 5.92 Å². The third-order valence-corrected chi connectivity index (χ3v) is 3.50. The third-order valence-electron chi connectivity index (χ3n) is 2.46. The summed E-state index contributed by atoms with van der Waals surface area (Å²) in [6.07, 6.45) is 0.650. The molecule has 0 spiro atoms. The number of nitrogens with two attached hydrogens (primary N) is 1. The molecule has 0 bridgehead atoms. The minimum absolute atomic E-state index is 0.102. The van der Waals surface area contributed by atoms with Gasteiger partial charge in [-0.25, -0.2) is 4.79 Å². The topological polar surface area (TPSA) is 69.4 Å². The molecule has 0 amide bonds. The predicted octanol–water partition coefficient (Wildman–Crippen LogP) is 2.91. The molecule has 1 rings (SSSR count). The first-order valence-electron chi connectivity index (χ1n) is 5.97. The molecule has 18 heavy (non-hydrogen) atoms. The normalized spacial score (nSPS) is 10.7. The van der Waals surface area contributed by atoms with E-state index in [1.165, 1.54) is 6.92 Å². The molecule has 2 N–H and O–H groups in total. The highest BCUT2D eigenvalue weighted by Gasteiger charge is 2.25. The lowest BCUT2D eigenvalue weighted by Crippen LogP contribution is -2.09. The van der Waals surface area contributed by atoms with Crippen LogP contribution in [0, 0.1) is 5.92 Å². The van der Waals surface area contributed by atoms with Crippen molar-refractivity contribution in [2.45, 2.75) is 34.1 Å². The molecule has 0 unspecified atom stereocenters. The Bertz CT molecular complexity index is 463. The van der Waals surface area contributed by atoms with Crippen molar-refractivity contribution in [1.29, 1.82) is 0 Å². The fraction of sp³-hybridized carbons (Fsp3) is 0.538. The van der Waals surface area contributed by atoms with E-state index in [2.05, 4.69) is 0 Å². The quantitative estimate of drug-likeness (QED) is 0.659. The maximum Gasteiger partial charge on any atom is 0.348 e. The van der Waals surface area contributed by atoms with Crippen molar-refractivity contribution in [3.05, 3.63) is 16.0 Å². The third kappa shape index (κ3) is 3.10. The first-order valence-corrected chi connectivity index (χ1v) is 6.79. The van der Waals surface area contributed by atoms with Crippen LogP contribution in [0.1, 0.15) is 53.3 Å². The fourth-order valence-corrected chi connectivity index (χ4v) is 2.88. The summed E-state index contributed by atoms with van der Waals surface area (Å²) in [4.78, 5) is 24.0. The Kier molecular flexibility index (Phi) is 4.90. The summed E-state index contributed by atoms with van der Waals surface area (Å²) in [5.74, 6) is -0.155. The van der Waals surface area contributed by atoms with Crippen LogP contribution < -0.4 is 5.73 Å². The summed E-state index contributed by atoms with van der Waals surface area (Å²) in [7, 11) is 0. The lowest BCUT2D eigenvalue weighted by Gasteiger charge is -2.08. The maximum atomic E-state index is 11.9. The average molecular weight is 269 g/mol. The highest BCUT2D eigenvalue weighted by molar-refractivity contribution is 7.18. The number of carbonyl (C=O) groups excluding carboxylic acids is 2. The van der Waals surface area contributed by atoms with E-state index in [1.54, 1.807) is 6.92 Å². The van der Waals surface area contributed by atoms with Crippen LogP contribution in [0.2, 0.25) is 0 Å². The van der Waals surface area contributed by atoms with E-state index in [0.717, 1.165) is 16.9 Å². The number of esters is 1. The Morgan fingerprint density at radius 1 is 1.39 bits per heavy atom. The first kappa shape index (κ1) is 14.7. The lowest BCUT2D eigenvalue weighted by atomic mass is 9.97. The number of ketones is 1. The molecule has 0 saturated heterocycles. The molecule has 0 aliphatic carbocycles. The SMILES string of the molecule is CCOC(=O)c1sc(N)c(C(C)=O)c1CC(C)C. The predicted molar refractivity (Wildman–Crippen MR) is 73.2 cm³/mol.